The standard InChI is InChI=1S/C27H28N4O6/c1-36-16-6-14-28-21-12-11-19(27(33)37-2)17-22(21)29-26(32)20-8-5-10-24(31(34)35)25(20)30-15-13-18-7-3-4-9-23(18)30/h3-5,7-12,17,28H,6,13-16H2,1-2H3,(H,29,32). The number of nitro benzene ring substituents is 1. The van der Waals surface area contributed by atoms with Crippen LogP contribution in [0.1, 0.15) is 32.7 Å². The number of nitrogens with one attached hydrogen (secondary N) is 2. The van der Waals surface area contributed by atoms with E-state index in [1.165, 1.54) is 25.3 Å². The number of rotatable bonds is 10. The third kappa shape index (κ3) is 5.54. The maximum atomic E-state index is 13.6. The molecular weight excluding hydrogens is 476 g/mol. The molecule has 10 heteroatoms. The average molecular weight is 505 g/mol. The molecule has 37 heavy (non-hydrogen) atoms. The van der Waals surface area contributed by atoms with E-state index in [0.29, 0.717) is 37.5 Å². The van der Waals surface area contributed by atoms with Crippen molar-refractivity contribution in [2.24, 2.45) is 0 Å². The van der Waals surface area contributed by atoms with Crippen molar-refractivity contribution in [3.05, 3.63) is 87.5 Å². The van der Waals surface area contributed by atoms with Crippen LogP contribution in [-0.2, 0) is 15.9 Å². The fourth-order valence-corrected chi connectivity index (χ4v) is 4.39. The molecule has 1 amide bonds. The van der Waals surface area contributed by atoms with Gasteiger partial charge in [-0.15, -0.1) is 0 Å². The number of para-hydroxylation sites is 2. The van der Waals surface area contributed by atoms with Crippen LogP contribution >= 0.6 is 0 Å². The molecule has 4 rings (SSSR count). The maximum absolute atomic E-state index is 13.6. The molecule has 192 valence electrons. The Hall–Kier alpha value is -4.44. The first-order valence-electron chi connectivity index (χ1n) is 11.8. The Labute approximate surface area is 214 Å². The van der Waals surface area contributed by atoms with Crippen LogP contribution in [0.4, 0.5) is 28.4 Å². The van der Waals surface area contributed by atoms with Crippen molar-refractivity contribution >= 4 is 40.3 Å². The minimum absolute atomic E-state index is 0.153. The van der Waals surface area contributed by atoms with Crippen molar-refractivity contribution in [1.82, 2.24) is 0 Å². The highest BCUT2D eigenvalue weighted by molar-refractivity contribution is 6.11. The second kappa shape index (κ2) is 11.5. The lowest BCUT2D eigenvalue weighted by Crippen LogP contribution is -2.22. The van der Waals surface area contributed by atoms with Gasteiger partial charge in [0.2, 0.25) is 0 Å². The summed E-state index contributed by atoms with van der Waals surface area (Å²) in [6, 6.07) is 16.9. The summed E-state index contributed by atoms with van der Waals surface area (Å²) < 4.78 is 9.91. The molecule has 0 saturated heterocycles. The molecule has 0 unspecified atom stereocenters. The van der Waals surface area contributed by atoms with E-state index in [1.54, 1.807) is 25.3 Å². The molecule has 0 spiro atoms. The topological polar surface area (TPSA) is 123 Å². The van der Waals surface area contributed by atoms with Crippen molar-refractivity contribution in [1.29, 1.82) is 0 Å². The second-order valence-electron chi connectivity index (χ2n) is 8.44. The first kappa shape index (κ1) is 25.6. The van der Waals surface area contributed by atoms with Gasteiger partial charge in [-0.1, -0.05) is 24.3 Å². The van der Waals surface area contributed by atoms with E-state index in [-0.39, 0.29) is 22.5 Å². The molecule has 0 fully saturated rings. The fourth-order valence-electron chi connectivity index (χ4n) is 4.39. The first-order chi connectivity index (χ1) is 17.9. The summed E-state index contributed by atoms with van der Waals surface area (Å²) >= 11 is 0. The summed E-state index contributed by atoms with van der Waals surface area (Å²) in [5.41, 5.74) is 3.31. The minimum Gasteiger partial charge on any atom is -0.465 e. The summed E-state index contributed by atoms with van der Waals surface area (Å²) in [5, 5.41) is 18.1. The van der Waals surface area contributed by atoms with Crippen LogP contribution in [0.15, 0.2) is 60.7 Å². The minimum atomic E-state index is -0.550. The predicted octanol–water partition coefficient (Wildman–Crippen LogP) is 4.78. The Balaban J connectivity index is 1.72. The predicted molar refractivity (Wildman–Crippen MR) is 141 cm³/mol. The highest BCUT2D eigenvalue weighted by atomic mass is 16.6. The van der Waals surface area contributed by atoms with Crippen molar-refractivity contribution in [3.63, 3.8) is 0 Å². The first-order valence-corrected chi connectivity index (χ1v) is 11.8. The monoisotopic (exact) mass is 504 g/mol. The van der Waals surface area contributed by atoms with Crippen molar-refractivity contribution in [2.45, 2.75) is 12.8 Å². The van der Waals surface area contributed by atoms with Gasteiger partial charge in [-0.3, -0.25) is 14.9 Å². The van der Waals surface area contributed by atoms with E-state index in [1.807, 2.05) is 29.2 Å². The molecule has 3 aromatic carbocycles. The van der Waals surface area contributed by atoms with E-state index in [0.717, 1.165) is 17.7 Å². The van der Waals surface area contributed by atoms with E-state index in [2.05, 4.69) is 10.6 Å². The quantitative estimate of drug-likeness (QED) is 0.175. The van der Waals surface area contributed by atoms with Crippen LogP contribution in [0.2, 0.25) is 0 Å². The highest BCUT2D eigenvalue weighted by Crippen LogP contribution is 2.41. The number of hydrogen-bond acceptors (Lipinski definition) is 8. The fraction of sp³-hybridized carbons (Fsp3) is 0.259. The third-order valence-electron chi connectivity index (χ3n) is 6.14. The van der Waals surface area contributed by atoms with Gasteiger partial charge in [0.05, 0.1) is 34.5 Å². The van der Waals surface area contributed by atoms with Gasteiger partial charge in [0, 0.05) is 38.6 Å². The molecule has 1 heterocycles. The number of nitrogens with zero attached hydrogens (tertiary/aromatic N) is 2. The van der Waals surface area contributed by atoms with Gasteiger partial charge in [0.1, 0.15) is 5.69 Å². The summed E-state index contributed by atoms with van der Waals surface area (Å²) in [4.78, 5) is 39.1. The zero-order valence-electron chi connectivity index (χ0n) is 20.7. The molecule has 10 nitrogen and oxygen atoms in total. The number of methoxy groups -OCH3 is 2. The van der Waals surface area contributed by atoms with Gasteiger partial charge in [0.15, 0.2) is 0 Å². The second-order valence-corrected chi connectivity index (χ2v) is 8.44. The normalized spacial score (nSPS) is 12.1. The number of carbonyl (C=O) groups is 2. The zero-order valence-corrected chi connectivity index (χ0v) is 20.7. The summed E-state index contributed by atoms with van der Waals surface area (Å²) in [5.74, 6) is -1.09. The average Bonchev–Trinajstić information content (AvgIpc) is 3.34. The molecule has 2 N–H and O–H groups in total. The lowest BCUT2D eigenvalue weighted by atomic mass is 10.1. The van der Waals surface area contributed by atoms with Crippen LogP contribution < -0.4 is 15.5 Å². The smallest absolute Gasteiger partial charge is 0.337 e. The number of amides is 1. The molecular formula is C27H28N4O6. The Kier molecular flexibility index (Phi) is 7.99. The van der Waals surface area contributed by atoms with Gasteiger partial charge >= 0.3 is 5.97 Å². The Morgan fingerprint density at radius 2 is 1.86 bits per heavy atom. The van der Waals surface area contributed by atoms with Crippen LogP contribution in [0.3, 0.4) is 0 Å². The van der Waals surface area contributed by atoms with Gasteiger partial charge in [-0.2, -0.15) is 0 Å². The number of ether oxygens (including phenoxy) is 2. The third-order valence-corrected chi connectivity index (χ3v) is 6.14. The number of carbonyl (C=O) groups excluding carboxylic acids is 2. The van der Waals surface area contributed by atoms with E-state index < -0.39 is 16.8 Å². The number of nitro groups is 1. The molecule has 1 aliphatic rings. The summed E-state index contributed by atoms with van der Waals surface area (Å²) in [6.45, 7) is 1.64. The SMILES string of the molecule is COCCCNc1ccc(C(=O)OC)cc1NC(=O)c1cccc([N+](=O)[O-])c1N1CCc2ccccc21. The van der Waals surface area contributed by atoms with Crippen LogP contribution in [0.25, 0.3) is 0 Å². The lowest BCUT2D eigenvalue weighted by molar-refractivity contribution is -0.384. The number of hydrogen-bond donors (Lipinski definition) is 2. The zero-order chi connectivity index (χ0) is 26.4. The van der Waals surface area contributed by atoms with Gasteiger partial charge in [0.25, 0.3) is 11.6 Å². The molecule has 0 saturated carbocycles. The van der Waals surface area contributed by atoms with E-state index in [4.69, 9.17) is 9.47 Å². The Morgan fingerprint density at radius 1 is 1.05 bits per heavy atom. The Bertz CT molecular complexity index is 1330. The highest BCUT2D eigenvalue weighted by Gasteiger charge is 2.31. The number of fused-ring (bicyclic) bond motifs is 1. The molecule has 0 aromatic heterocycles. The lowest BCUT2D eigenvalue weighted by Gasteiger charge is -2.22. The molecule has 0 atom stereocenters. The number of benzene rings is 3. The Morgan fingerprint density at radius 3 is 2.62 bits per heavy atom. The van der Waals surface area contributed by atoms with E-state index in [9.17, 15) is 19.7 Å². The van der Waals surface area contributed by atoms with Crippen molar-refractivity contribution < 1.29 is 24.0 Å². The molecule has 3 aromatic rings. The number of anilines is 4. The molecule has 0 bridgehead atoms. The van der Waals surface area contributed by atoms with Crippen molar-refractivity contribution in [3.8, 4) is 0 Å². The van der Waals surface area contributed by atoms with Crippen LogP contribution in [0.5, 0.6) is 0 Å². The molecule has 1 aliphatic heterocycles. The van der Waals surface area contributed by atoms with Crippen molar-refractivity contribution in [2.75, 3.05) is 49.4 Å². The van der Waals surface area contributed by atoms with E-state index >= 15 is 0 Å². The van der Waals surface area contributed by atoms with Gasteiger partial charge in [-0.05, 0) is 48.7 Å². The summed E-state index contributed by atoms with van der Waals surface area (Å²) in [7, 11) is 2.90. The largest absolute Gasteiger partial charge is 0.465 e. The maximum Gasteiger partial charge on any atom is 0.337 e. The van der Waals surface area contributed by atoms with Crippen LogP contribution in [0, 0.1) is 10.1 Å². The molecule has 0 aliphatic carbocycles. The van der Waals surface area contributed by atoms with Gasteiger partial charge < -0.3 is 25.0 Å². The summed E-state index contributed by atoms with van der Waals surface area (Å²) in [6.07, 6.45) is 1.44. The number of esters is 1. The van der Waals surface area contributed by atoms with Gasteiger partial charge in [-0.25, -0.2) is 4.79 Å². The van der Waals surface area contributed by atoms with Crippen LogP contribution in [-0.4, -0.2) is 50.7 Å². The molecule has 0 radical (unpaired) electrons.